The zero-order valence-electron chi connectivity index (χ0n) is 10.6. The maximum absolute atomic E-state index is 6.06. The Labute approximate surface area is 116 Å². The molecule has 4 nitrogen and oxygen atoms in total. The summed E-state index contributed by atoms with van der Waals surface area (Å²) in [4.78, 5) is 0. The van der Waals surface area contributed by atoms with Crippen LogP contribution in [0.4, 0.5) is 0 Å². The highest BCUT2D eigenvalue weighted by molar-refractivity contribution is 9.09. The molecule has 1 aliphatic carbocycles. The number of nitrogens with zero attached hydrogens (tertiary/aromatic N) is 3. The monoisotopic (exact) mass is 313 g/mol. The molecule has 1 saturated carbocycles. The third-order valence-electron chi connectivity index (χ3n) is 4.26. The van der Waals surface area contributed by atoms with Gasteiger partial charge in [-0.3, -0.25) is 0 Å². The molecule has 3 rings (SSSR count). The molecule has 2 fully saturated rings. The Kier molecular flexibility index (Phi) is 3.71. The van der Waals surface area contributed by atoms with Gasteiger partial charge in [-0.15, -0.1) is 5.10 Å². The maximum Gasteiger partial charge on any atom is 0.0835 e. The number of halogens is 1. The SMILES string of the molecule is BrCCc1cn(C2CCOC3(CCCC3)C2)nn1. The van der Waals surface area contributed by atoms with Gasteiger partial charge in [0.25, 0.3) is 0 Å². The maximum atomic E-state index is 6.06. The summed E-state index contributed by atoms with van der Waals surface area (Å²) in [5.74, 6) is 0. The van der Waals surface area contributed by atoms with Gasteiger partial charge in [0.15, 0.2) is 0 Å². The van der Waals surface area contributed by atoms with E-state index in [4.69, 9.17) is 4.74 Å². The van der Waals surface area contributed by atoms with Gasteiger partial charge in [0.1, 0.15) is 0 Å². The van der Waals surface area contributed by atoms with Gasteiger partial charge in [0.05, 0.1) is 17.3 Å². The van der Waals surface area contributed by atoms with E-state index < -0.39 is 0 Å². The lowest BCUT2D eigenvalue weighted by Crippen LogP contribution is -2.38. The van der Waals surface area contributed by atoms with Crippen LogP contribution in [0.25, 0.3) is 0 Å². The van der Waals surface area contributed by atoms with Crippen LogP contribution < -0.4 is 0 Å². The van der Waals surface area contributed by atoms with E-state index in [1.807, 2.05) is 0 Å². The Bertz CT molecular complexity index is 401. The number of alkyl halides is 1. The molecule has 0 aromatic carbocycles. The van der Waals surface area contributed by atoms with Crippen LogP contribution in [-0.2, 0) is 11.2 Å². The summed E-state index contributed by atoms with van der Waals surface area (Å²) in [5.41, 5.74) is 1.24. The van der Waals surface area contributed by atoms with Crippen molar-refractivity contribution >= 4 is 15.9 Å². The first kappa shape index (κ1) is 12.6. The van der Waals surface area contributed by atoms with Crippen LogP contribution >= 0.6 is 15.9 Å². The number of aryl methyl sites for hydroxylation is 1. The number of hydrogen-bond acceptors (Lipinski definition) is 3. The van der Waals surface area contributed by atoms with Gasteiger partial charge in [0.2, 0.25) is 0 Å². The first-order valence-electron chi connectivity index (χ1n) is 6.92. The van der Waals surface area contributed by atoms with Crippen LogP contribution in [0.2, 0.25) is 0 Å². The highest BCUT2D eigenvalue weighted by Gasteiger charge is 2.40. The van der Waals surface area contributed by atoms with Crippen molar-refractivity contribution in [2.24, 2.45) is 0 Å². The predicted molar refractivity (Wildman–Crippen MR) is 72.9 cm³/mol. The van der Waals surface area contributed by atoms with Crippen LogP contribution in [0.3, 0.4) is 0 Å². The normalized spacial score (nSPS) is 26.8. The largest absolute Gasteiger partial charge is 0.375 e. The van der Waals surface area contributed by atoms with E-state index in [-0.39, 0.29) is 5.60 Å². The summed E-state index contributed by atoms with van der Waals surface area (Å²) in [6, 6.07) is 0.480. The second-order valence-corrected chi connectivity index (χ2v) is 6.31. The molecule has 0 N–H and O–H groups in total. The predicted octanol–water partition coefficient (Wildman–Crippen LogP) is 2.88. The molecule has 100 valence electrons. The van der Waals surface area contributed by atoms with Crippen LogP contribution in [0.15, 0.2) is 6.20 Å². The Hall–Kier alpha value is -0.420. The van der Waals surface area contributed by atoms with Crippen molar-refractivity contribution < 1.29 is 4.74 Å². The number of aromatic nitrogens is 3. The molecule has 0 bridgehead atoms. The summed E-state index contributed by atoms with van der Waals surface area (Å²) >= 11 is 3.44. The van der Waals surface area contributed by atoms with Crippen molar-refractivity contribution in [3.63, 3.8) is 0 Å². The summed E-state index contributed by atoms with van der Waals surface area (Å²) in [6.07, 6.45) is 10.3. The molecule has 1 unspecified atom stereocenters. The van der Waals surface area contributed by atoms with Crippen LogP contribution in [0, 0.1) is 0 Å². The molecule has 0 amide bonds. The van der Waals surface area contributed by atoms with E-state index >= 15 is 0 Å². The minimum atomic E-state index is 0.157. The van der Waals surface area contributed by atoms with Crippen molar-refractivity contribution in [3.8, 4) is 0 Å². The number of hydrogen-bond donors (Lipinski definition) is 0. The second-order valence-electron chi connectivity index (χ2n) is 5.51. The molecule has 1 aromatic heterocycles. The minimum absolute atomic E-state index is 0.157. The van der Waals surface area contributed by atoms with Gasteiger partial charge in [-0.1, -0.05) is 34.0 Å². The number of rotatable bonds is 3. The quantitative estimate of drug-likeness (QED) is 0.806. The third kappa shape index (κ3) is 2.48. The van der Waals surface area contributed by atoms with Gasteiger partial charge in [-0.2, -0.15) is 0 Å². The molecular weight excluding hydrogens is 294 g/mol. The molecule has 1 saturated heterocycles. The van der Waals surface area contributed by atoms with Gasteiger partial charge in [0, 0.05) is 24.6 Å². The average Bonchev–Trinajstić information content (AvgIpc) is 3.00. The van der Waals surface area contributed by atoms with Crippen molar-refractivity contribution in [3.05, 3.63) is 11.9 Å². The van der Waals surface area contributed by atoms with Gasteiger partial charge >= 0.3 is 0 Å². The minimum Gasteiger partial charge on any atom is -0.375 e. The van der Waals surface area contributed by atoms with Crippen molar-refractivity contribution in [2.45, 2.75) is 56.6 Å². The summed E-state index contributed by atoms with van der Waals surface area (Å²) < 4.78 is 8.13. The second kappa shape index (κ2) is 5.29. The van der Waals surface area contributed by atoms with E-state index in [0.717, 1.165) is 36.9 Å². The Morgan fingerprint density at radius 2 is 2.28 bits per heavy atom. The standard InChI is InChI=1S/C13H20BrN3O/c14-7-3-11-10-17(16-15-11)12-4-8-18-13(9-12)5-1-2-6-13/h10,12H,1-9H2. The number of ether oxygens (including phenoxy) is 1. The third-order valence-corrected chi connectivity index (χ3v) is 4.66. The van der Waals surface area contributed by atoms with Crippen molar-refractivity contribution in [1.82, 2.24) is 15.0 Å². The molecule has 5 heteroatoms. The fourth-order valence-electron chi connectivity index (χ4n) is 3.30. The van der Waals surface area contributed by atoms with E-state index in [1.54, 1.807) is 0 Å². The lowest BCUT2D eigenvalue weighted by molar-refractivity contribution is -0.0911. The van der Waals surface area contributed by atoms with Crippen molar-refractivity contribution in [2.75, 3.05) is 11.9 Å². The first-order chi connectivity index (χ1) is 8.81. The molecule has 1 atom stereocenters. The highest BCUT2D eigenvalue weighted by Crippen LogP contribution is 2.43. The van der Waals surface area contributed by atoms with E-state index in [2.05, 4.69) is 37.1 Å². The lowest BCUT2D eigenvalue weighted by Gasteiger charge is -2.38. The topological polar surface area (TPSA) is 39.9 Å². The molecule has 1 aliphatic heterocycles. The molecule has 2 heterocycles. The summed E-state index contributed by atoms with van der Waals surface area (Å²) in [6.45, 7) is 0.873. The van der Waals surface area contributed by atoms with E-state index in [0.29, 0.717) is 6.04 Å². The molecule has 2 aliphatic rings. The molecule has 18 heavy (non-hydrogen) atoms. The fourth-order valence-corrected chi connectivity index (χ4v) is 3.70. The lowest BCUT2D eigenvalue weighted by atomic mass is 9.89. The van der Waals surface area contributed by atoms with E-state index in [9.17, 15) is 0 Å². The van der Waals surface area contributed by atoms with Gasteiger partial charge in [-0.25, -0.2) is 4.68 Å². The summed E-state index contributed by atoms with van der Waals surface area (Å²) in [7, 11) is 0. The Balaban J connectivity index is 1.71. The van der Waals surface area contributed by atoms with Crippen LogP contribution in [0.5, 0.6) is 0 Å². The van der Waals surface area contributed by atoms with Gasteiger partial charge in [-0.05, 0) is 25.7 Å². The fraction of sp³-hybridized carbons (Fsp3) is 0.846. The van der Waals surface area contributed by atoms with E-state index in [1.165, 1.54) is 25.7 Å². The first-order valence-corrected chi connectivity index (χ1v) is 8.04. The zero-order chi connectivity index (χ0) is 12.4. The Morgan fingerprint density at radius 3 is 3.06 bits per heavy atom. The smallest absolute Gasteiger partial charge is 0.0835 e. The van der Waals surface area contributed by atoms with Crippen molar-refractivity contribution in [1.29, 1.82) is 0 Å². The van der Waals surface area contributed by atoms with Crippen LogP contribution in [0.1, 0.15) is 50.3 Å². The highest BCUT2D eigenvalue weighted by atomic mass is 79.9. The zero-order valence-corrected chi connectivity index (χ0v) is 12.2. The molecule has 1 aromatic rings. The average molecular weight is 314 g/mol. The summed E-state index contributed by atoms with van der Waals surface area (Å²) in [5, 5.41) is 9.49. The Morgan fingerprint density at radius 1 is 1.44 bits per heavy atom. The molecule has 0 radical (unpaired) electrons. The molecular formula is C13H20BrN3O. The van der Waals surface area contributed by atoms with Gasteiger partial charge < -0.3 is 4.74 Å². The molecule has 1 spiro atoms. The van der Waals surface area contributed by atoms with Crippen LogP contribution in [-0.4, -0.2) is 32.5 Å².